The van der Waals surface area contributed by atoms with Crippen LogP contribution in [0.25, 0.3) is 0 Å². The van der Waals surface area contributed by atoms with E-state index in [9.17, 15) is 4.79 Å². The first-order valence-electron chi connectivity index (χ1n) is 7.43. The Hall–Kier alpha value is -1.00. The zero-order valence-electron chi connectivity index (χ0n) is 12.0. The van der Waals surface area contributed by atoms with Gasteiger partial charge in [-0.25, -0.2) is 0 Å². The van der Waals surface area contributed by atoms with Crippen LogP contribution in [0.1, 0.15) is 32.6 Å². The van der Waals surface area contributed by atoms with Crippen molar-refractivity contribution in [2.45, 2.75) is 43.0 Å². The molecule has 4 heteroatoms. The highest BCUT2D eigenvalue weighted by Crippen LogP contribution is 2.38. The average Bonchev–Trinajstić information content (AvgIpc) is 2.45. The number of benzene rings is 1. The lowest BCUT2D eigenvalue weighted by Crippen LogP contribution is -2.58. The number of thioether (sulfide) groups is 1. The van der Waals surface area contributed by atoms with Gasteiger partial charge in [-0.15, -0.1) is 11.8 Å². The molecule has 1 fully saturated rings. The lowest BCUT2D eigenvalue weighted by molar-refractivity contribution is -0.125. The molecule has 1 saturated carbocycles. The van der Waals surface area contributed by atoms with Crippen LogP contribution < -0.4 is 10.6 Å². The van der Waals surface area contributed by atoms with Crippen LogP contribution in [0.5, 0.6) is 0 Å². The van der Waals surface area contributed by atoms with Gasteiger partial charge in [0, 0.05) is 17.2 Å². The van der Waals surface area contributed by atoms with Crippen LogP contribution in [-0.2, 0) is 4.79 Å². The number of para-hydroxylation sites is 1. The number of carbonyl (C=O) groups excluding carboxylic acids is 1. The number of fused-ring (bicyclic) bond motifs is 1. The number of hydrogen-bond donors (Lipinski definition) is 1. The third-order valence-corrected chi connectivity index (χ3v) is 5.48. The first kappa shape index (κ1) is 14.0. The highest BCUT2D eigenvalue weighted by molar-refractivity contribution is 7.99. The number of nitrogens with zero attached hydrogens (tertiary/aromatic N) is 1. The van der Waals surface area contributed by atoms with Crippen molar-refractivity contribution in [1.82, 2.24) is 0 Å². The minimum atomic E-state index is -0.660. The van der Waals surface area contributed by atoms with Crippen molar-refractivity contribution >= 4 is 23.4 Å². The van der Waals surface area contributed by atoms with E-state index in [4.69, 9.17) is 5.73 Å². The second kappa shape index (κ2) is 5.41. The summed E-state index contributed by atoms with van der Waals surface area (Å²) in [6, 6.07) is 8.15. The maximum atomic E-state index is 13.0. The number of anilines is 1. The molecule has 2 unspecified atom stereocenters. The van der Waals surface area contributed by atoms with Crippen LogP contribution in [0, 0.1) is 5.92 Å². The van der Waals surface area contributed by atoms with Crippen LogP contribution in [0.4, 0.5) is 5.69 Å². The molecule has 2 N–H and O–H groups in total. The summed E-state index contributed by atoms with van der Waals surface area (Å²) in [4.78, 5) is 16.1. The van der Waals surface area contributed by atoms with Crippen LogP contribution in [0.3, 0.4) is 0 Å². The normalized spacial score (nSPS) is 29.9. The first-order valence-corrected chi connectivity index (χ1v) is 8.41. The molecule has 108 valence electrons. The lowest BCUT2D eigenvalue weighted by atomic mass is 9.76. The Morgan fingerprint density at radius 1 is 1.45 bits per heavy atom. The molecule has 1 aromatic carbocycles. The van der Waals surface area contributed by atoms with Gasteiger partial charge in [-0.05, 0) is 30.9 Å². The minimum absolute atomic E-state index is 0.122. The summed E-state index contributed by atoms with van der Waals surface area (Å²) in [5.41, 5.74) is 6.86. The highest BCUT2D eigenvalue weighted by atomic mass is 32.2. The van der Waals surface area contributed by atoms with E-state index in [1.165, 1.54) is 11.3 Å². The minimum Gasteiger partial charge on any atom is -0.317 e. The van der Waals surface area contributed by atoms with Gasteiger partial charge in [-0.3, -0.25) is 4.79 Å². The fourth-order valence-electron chi connectivity index (χ4n) is 3.44. The Labute approximate surface area is 124 Å². The topological polar surface area (TPSA) is 46.3 Å². The molecule has 3 nitrogen and oxygen atoms in total. The Kier molecular flexibility index (Phi) is 3.78. The summed E-state index contributed by atoms with van der Waals surface area (Å²) in [5.74, 6) is 1.62. The van der Waals surface area contributed by atoms with E-state index in [2.05, 4.69) is 13.0 Å². The summed E-state index contributed by atoms with van der Waals surface area (Å²) in [7, 11) is 0. The fraction of sp³-hybridized carbons (Fsp3) is 0.562. The van der Waals surface area contributed by atoms with Crippen molar-refractivity contribution in [2.75, 3.05) is 17.2 Å². The van der Waals surface area contributed by atoms with E-state index in [-0.39, 0.29) is 5.91 Å². The van der Waals surface area contributed by atoms with Crippen LogP contribution >= 0.6 is 11.8 Å². The van der Waals surface area contributed by atoms with Gasteiger partial charge in [0.15, 0.2) is 0 Å². The summed E-state index contributed by atoms with van der Waals surface area (Å²) in [5, 5.41) is 0. The average molecular weight is 290 g/mol. The Balaban J connectivity index is 1.88. The number of carbonyl (C=O) groups is 1. The number of nitrogens with two attached hydrogens (primary N) is 1. The molecule has 0 spiro atoms. The van der Waals surface area contributed by atoms with E-state index < -0.39 is 5.54 Å². The molecular formula is C16H22N2OS. The third kappa shape index (κ3) is 2.47. The summed E-state index contributed by atoms with van der Waals surface area (Å²) in [6.07, 6.45) is 3.89. The van der Waals surface area contributed by atoms with E-state index in [1.807, 2.05) is 34.9 Å². The van der Waals surface area contributed by atoms with Crippen molar-refractivity contribution < 1.29 is 4.79 Å². The van der Waals surface area contributed by atoms with Gasteiger partial charge in [-0.2, -0.15) is 0 Å². The summed E-state index contributed by atoms with van der Waals surface area (Å²) in [6.45, 7) is 2.97. The van der Waals surface area contributed by atoms with Gasteiger partial charge in [0.25, 0.3) is 0 Å². The number of rotatable bonds is 1. The first-order chi connectivity index (χ1) is 9.60. The van der Waals surface area contributed by atoms with Crippen LogP contribution in [-0.4, -0.2) is 23.7 Å². The smallest absolute Gasteiger partial charge is 0.247 e. The molecule has 3 rings (SSSR count). The molecule has 1 amide bonds. The van der Waals surface area contributed by atoms with Crippen molar-refractivity contribution in [2.24, 2.45) is 11.7 Å². The monoisotopic (exact) mass is 290 g/mol. The van der Waals surface area contributed by atoms with Crippen molar-refractivity contribution in [1.29, 1.82) is 0 Å². The van der Waals surface area contributed by atoms with Crippen molar-refractivity contribution in [3.8, 4) is 0 Å². The maximum absolute atomic E-state index is 13.0. The second-order valence-electron chi connectivity index (χ2n) is 6.13. The van der Waals surface area contributed by atoms with Gasteiger partial charge in [0.05, 0.1) is 11.2 Å². The molecule has 0 bridgehead atoms. The zero-order valence-corrected chi connectivity index (χ0v) is 12.8. The molecule has 0 aromatic heterocycles. The van der Waals surface area contributed by atoms with E-state index in [0.717, 1.165) is 37.2 Å². The Bertz CT molecular complexity index is 519. The maximum Gasteiger partial charge on any atom is 0.247 e. The van der Waals surface area contributed by atoms with Gasteiger partial charge in [0.2, 0.25) is 5.91 Å². The van der Waals surface area contributed by atoms with E-state index in [1.54, 1.807) is 0 Å². The second-order valence-corrected chi connectivity index (χ2v) is 7.27. The third-order valence-electron chi connectivity index (χ3n) is 4.43. The fourth-order valence-corrected chi connectivity index (χ4v) is 4.43. The molecule has 2 atom stereocenters. The largest absolute Gasteiger partial charge is 0.317 e. The molecule has 0 saturated heterocycles. The lowest BCUT2D eigenvalue weighted by Gasteiger charge is -2.40. The quantitative estimate of drug-likeness (QED) is 0.864. The van der Waals surface area contributed by atoms with Crippen LogP contribution in [0.15, 0.2) is 29.2 Å². The predicted molar refractivity (Wildman–Crippen MR) is 84.1 cm³/mol. The Morgan fingerprint density at radius 3 is 3.05 bits per heavy atom. The zero-order chi connectivity index (χ0) is 14.2. The molecule has 2 aliphatic rings. The Morgan fingerprint density at radius 2 is 2.25 bits per heavy atom. The highest BCUT2D eigenvalue weighted by Gasteiger charge is 2.41. The molecule has 1 aliphatic carbocycles. The van der Waals surface area contributed by atoms with E-state index >= 15 is 0 Å². The van der Waals surface area contributed by atoms with E-state index in [0.29, 0.717) is 5.92 Å². The van der Waals surface area contributed by atoms with Crippen molar-refractivity contribution in [3.05, 3.63) is 24.3 Å². The van der Waals surface area contributed by atoms with Gasteiger partial charge in [-0.1, -0.05) is 31.9 Å². The van der Waals surface area contributed by atoms with Gasteiger partial charge < -0.3 is 10.6 Å². The number of hydrogen-bond acceptors (Lipinski definition) is 3. The van der Waals surface area contributed by atoms with Gasteiger partial charge in [0.1, 0.15) is 0 Å². The number of amides is 1. The standard InChI is InChI=1S/C16H22N2OS/c1-12-5-4-8-16(17,11-12)15(19)18-9-10-20-14-7-3-2-6-13(14)18/h2-3,6-7,12H,4-5,8-11,17H2,1H3. The molecule has 1 heterocycles. The predicted octanol–water partition coefficient (Wildman–Crippen LogP) is 3.03. The molecule has 20 heavy (non-hydrogen) atoms. The van der Waals surface area contributed by atoms with Crippen molar-refractivity contribution in [3.63, 3.8) is 0 Å². The molecule has 1 aromatic rings. The van der Waals surface area contributed by atoms with Crippen LogP contribution in [0.2, 0.25) is 0 Å². The van der Waals surface area contributed by atoms with Gasteiger partial charge >= 0.3 is 0 Å². The molecule has 0 radical (unpaired) electrons. The molecular weight excluding hydrogens is 268 g/mol. The molecule has 1 aliphatic heterocycles. The summed E-state index contributed by atoms with van der Waals surface area (Å²) >= 11 is 1.82. The SMILES string of the molecule is CC1CCCC(N)(C(=O)N2CCSc3ccccc32)C1. The summed E-state index contributed by atoms with van der Waals surface area (Å²) < 4.78 is 0.